The molecule has 1 aliphatic heterocycles. The van der Waals surface area contributed by atoms with Gasteiger partial charge in [-0.25, -0.2) is 0 Å². The van der Waals surface area contributed by atoms with Crippen LogP contribution >= 0.6 is 38.5 Å². The molecule has 1 aliphatic carbocycles. The van der Waals surface area contributed by atoms with Gasteiger partial charge >= 0.3 is 0 Å². The molecule has 0 fully saturated rings. The molecular formula is C33H28BrIN2O2. The molecule has 0 bridgehead atoms. The third kappa shape index (κ3) is 5.63. The Morgan fingerprint density at radius 3 is 2.62 bits per heavy atom. The largest absolute Gasteiger partial charge is 0.493 e. The summed E-state index contributed by atoms with van der Waals surface area (Å²) in [5.74, 6) is 2.45. The number of aliphatic imine (C=N–C) groups is 1. The zero-order chi connectivity index (χ0) is 26.8. The van der Waals surface area contributed by atoms with Crippen molar-refractivity contribution in [2.75, 3.05) is 12.4 Å². The topological polar surface area (TPSA) is 42.8 Å². The van der Waals surface area contributed by atoms with Crippen molar-refractivity contribution in [3.63, 3.8) is 0 Å². The van der Waals surface area contributed by atoms with Crippen molar-refractivity contribution >= 4 is 56.1 Å². The molecule has 0 spiro atoms. The minimum atomic E-state index is 0.286. The summed E-state index contributed by atoms with van der Waals surface area (Å²) >= 11 is 5.77. The van der Waals surface area contributed by atoms with Crippen molar-refractivity contribution in [2.24, 2.45) is 10.9 Å². The summed E-state index contributed by atoms with van der Waals surface area (Å²) in [5, 5.41) is 3.80. The monoisotopic (exact) mass is 690 g/mol. The minimum absolute atomic E-state index is 0.286. The fourth-order valence-electron chi connectivity index (χ4n) is 5.48. The fraction of sp³-hybridized carbons (Fsp3) is 0.182. The van der Waals surface area contributed by atoms with Gasteiger partial charge in [0.1, 0.15) is 6.61 Å². The van der Waals surface area contributed by atoms with Crippen LogP contribution in [0.3, 0.4) is 0 Å². The SMILES string of the molecule is COc1cc(C=Nc2ccc([C@@H]3Nc4ccccc4[C@H]4C=CC[C@H]43)cc2)cc(I)c1OCc1ccc(Br)cc1. The number of fused-ring (bicyclic) bond motifs is 3. The average Bonchev–Trinajstić information content (AvgIpc) is 3.46. The van der Waals surface area contributed by atoms with Gasteiger partial charge in [-0.3, -0.25) is 4.99 Å². The van der Waals surface area contributed by atoms with Crippen LogP contribution < -0.4 is 14.8 Å². The molecule has 1 N–H and O–H groups in total. The molecule has 0 saturated carbocycles. The highest BCUT2D eigenvalue weighted by atomic mass is 127. The number of anilines is 1. The van der Waals surface area contributed by atoms with Crippen LogP contribution in [0, 0.1) is 9.49 Å². The quantitative estimate of drug-likeness (QED) is 0.119. The molecule has 0 unspecified atom stereocenters. The molecule has 6 heteroatoms. The van der Waals surface area contributed by atoms with Crippen molar-refractivity contribution in [1.29, 1.82) is 0 Å². The smallest absolute Gasteiger partial charge is 0.174 e. The number of nitrogens with one attached hydrogen (secondary N) is 1. The molecule has 196 valence electrons. The predicted molar refractivity (Wildman–Crippen MR) is 171 cm³/mol. The number of halogens is 2. The first-order valence-electron chi connectivity index (χ1n) is 13.0. The van der Waals surface area contributed by atoms with Crippen LogP contribution in [0.2, 0.25) is 0 Å². The Bertz CT molecular complexity index is 1530. The molecule has 0 aromatic heterocycles. The summed E-state index contributed by atoms with van der Waals surface area (Å²) in [6, 6.07) is 29.7. The molecule has 3 atom stereocenters. The Morgan fingerprint density at radius 2 is 1.82 bits per heavy atom. The molecule has 6 rings (SSSR count). The van der Waals surface area contributed by atoms with Crippen molar-refractivity contribution in [3.8, 4) is 11.5 Å². The van der Waals surface area contributed by atoms with E-state index in [0.717, 1.165) is 37.0 Å². The second-order valence-corrected chi connectivity index (χ2v) is 11.9. The van der Waals surface area contributed by atoms with E-state index in [2.05, 4.69) is 111 Å². The summed E-state index contributed by atoms with van der Waals surface area (Å²) in [5.41, 5.74) is 6.92. The first-order valence-corrected chi connectivity index (χ1v) is 14.9. The molecule has 39 heavy (non-hydrogen) atoms. The molecule has 4 nitrogen and oxygen atoms in total. The van der Waals surface area contributed by atoms with Crippen LogP contribution in [0.25, 0.3) is 0 Å². The predicted octanol–water partition coefficient (Wildman–Crippen LogP) is 9.22. The Balaban J connectivity index is 1.16. The number of ether oxygens (including phenoxy) is 2. The van der Waals surface area contributed by atoms with E-state index in [4.69, 9.17) is 14.5 Å². The van der Waals surface area contributed by atoms with Crippen LogP contribution in [0.5, 0.6) is 11.5 Å². The molecule has 0 saturated heterocycles. The zero-order valence-corrected chi connectivity index (χ0v) is 25.2. The molecule has 1 heterocycles. The van der Waals surface area contributed by atoms with Gasteiger partial charge in [0.05, 0.1) is 22.4 Å². The number of nitrogens with zero attached hydrogens (tertiary/aromatic N) is 1. The number of para-hydroxylation sites is 1. The average molecular weight is 691 g/mol. The summed E-state index contributed by atoms with van der Waals surface area (Å²) < 4.78 is 13.8. The summed E-state index contributed by atoms with van der Waals surface area (Å²) in [7, 11) is 1.67. The van der Waals surface area contributed by atoms with E-state index < -0.39 is 0 Å². The zero-order valence-electron chi connectivity index (χ0n) is 21.5. The lowest BCUT2D eigenvalue weighted by Crippen LogP contribution is -2.28. The van der Waals surface area contributed by atoms with Gasteiger partial charge in [-0.1, -0.05) is 70.5 Å². The van der Waals surface area contributed by atoms with Gasteiger partial charge in [0.15, 0.2) is 11.5 Å². The molecular weight excluding hydrogens is 663 g/mol. The normalized spacial score (nSPS) is 19.4. The van der Waals surface area contributed by atoms with Crippen molar-refractivity contribution in [2.45, 2.75) is 25.0 Å². The number of hydrogen-bond acceptors (Lipinski definition) is 4. The van der Waals surface area contributed by atoms with Gasteiger partial charge in [0.2, 0.25) is 0 Å². The van der Waals surface area contributed by atoms with Gasteiger partial charge in [-0.2, -0.15) is 0 Å². The lowest BCUT2D eigenvalue weighted by Gasteiger charge is -2.37. The Hall–Kier alpha value is -3.10. The van der Waals surface area contributed by atoms with Gasteiger partial charge in [-0.15, -0.1) is 0 Å². The van der Waals surface area contributed by atoms with Gasteiger partial charge in [0, 0.05) is 22.3 Å². The van der Waals surface area contributed by atoms with Gasteiger partial charge < -0.3 is 14.8 Å². The van der Waals surface area contributed by atoms with E-state index >= 15 is 0 Å². The maximum Gasteiger partial charge on any atom is 0.174 e. The molecule has 4 aromatic carbocycles. The first kappa shape index (κ1) is 26.1. The Kier molecular flexibility index (Phi) is 7.75. The standard InChI is InChI=1S/C33H28BrIN2O2/c1-38-31-18-22(17-29(35)33(31)39-20-21-9-13-24(34)14-10-21)19-36-25-15-11-23(12-16-25)32-28-7-4-6-26(28)27-5-2-3-8-30(27)37-32/h2-6,8-19,26,28,32,37H,7,20H2,1H3/t26-,28-,32+/m1/s1. The van der Waals surface area contributed by atoms with E-state index in [9.17, 15) is 0 Å². The van der Waals surface area contributed by atoms with Crippen LogP contribution in [0.1, 0.15) is 40.6 Å². The number of hydrogen-bond donors (Lipinski definition) is 1. The van der Waals surface area contributed by atoms with E-state index in [1.165, 1.54) is 16.8 Å². The molecule has 4 aromatic rings. The second kappa shape index (κ2) is 11.6. The lowest BCUT2D eigenvalue weighted by atomic mass is 9.77. The van der Waals surface area contributed by atoms with Crippen LogP contribution in [-0.2, 0) is 6.61 Å². The number of allylic oxidation sites excluding steroid dienone is 2. The van der Waals surface area contributed by atoms with Crippen LogP contribution in [0.4, 0.5) is 11.4 Å². The summed E-state index contributed by atoms with van der Waals surface area (Å²) in [4.78, 5) is 4.75. The van der Waals surface area contributed by atoms with Crippen molar-refractivity contribution in [1.82, 2.24) is 0 Å². The van der Waals surface area contributed by atoms with E-state index in [1.807, 2.05) is 36.5 Å². The third-order valence-electron chi connectivity index (χ3n) is 7.44. The first-order chi connectivity index (χ1) is 19.1. The van der Waals surface area contributed by atoms with E-state index in [1.54, 1.807) is 7.11 Å². The van der Waals surface area contributed by atoms with E-state index in [0.29, 0.717) is 24.2 Å². The molecule has 0 amide bonds. The lowest BCUT2D eigenvalue weighted by molar-refractivity contribution is 0.282. The highest BCUT2D eigenvalue weighted by Gasteiger charge is 2.37. The Labute approximate surface area is 251 Å². The van der Waals surface area contributed by atoms with Crippen molar-refractivity contribution < 1.29 is 9.47 Å². The minimum Gasteiger partial charge on any atom is -0.493 e. The van der Waals surface area contributed by atoms with Crippen LogP contribution in [-0.4, -0.2) is 13.3 Å². The molecule has 2 aliphatic rings. The summed E-state index contributed by atoms with van der Waals surface area (Å²) in [6.07, 6.45) is 7.68. The number of rotatable bonds is 7. The highest BCUT2D eigenvalue weighted by molar-refractivity contribution is 14.1. The maximum atomic E-state index is 6.12. The van der Waals surface area contributed by atoms with Crippen LogP contribution in [0.15, 0.2) is 107 Å². The van der Waals surface area contributed by atoms with E-state index in [-0.39, 0.29) is 6.04 Å². The number of methoxy groups -OCH3 is 1. The maximum absolute atomic E-state index is 6.12. The Morgan fingerprint density at radius 1 is 1.03 bits per heavy atom. The van der Waals surface area contributed by atoms with Gasteiger partial charge in [-0.05, 0) is 99.6 Å². The fourth-order valence-corrected chi connectivity index (χ4v) is 6.53. The second-order valence-electron chi connectivity index (χ2n) is 9.86. The molecule has 0 radical (unpaired) electrons. The van der Waals surface area contributed by atoms with Gasteiger partial charge in [0.25, 0.3) is 0 Å². The highest BCUT2D eigenvalue weighted by Crippen LogP contribution is 2.49. The third-order valence-corrected chi connectivity index (χ3v) is 8.77. The number of benzene rings is 4. The van der Waals surface area contributed by atoms with Crippen molar-refractivity contribution in [3.05, 3.63) is 127 Å². The summed E-state index contributed by atoms with van der Waals surface area (Å²) in [6.45, 7) is 0.471.